The van der Waals surface area contributed by atoms with Crippen molar-refractivity contribution < 1.29 is 23.8 Å². The molecule has 0 heterocycles. The molecular formula is C24H42O5. The predicted molar refractivity (Wildman–Crippen MR) is 113 cm³/mol. The van der Waals surface area contributed by atoms with Crippen LogP contribution >= 0.6 is 0 Å². The fourth-order valence-corrected chi connectivity index (χ4v) is 5.15. The number of carbonyl (C=O) groups is 2. The van der Waals surface area contributed by atoms with Crippen molar-refractivity contribution in [3.8, 4) is 0 Å². The molecule has 2 aliphatic rings. The van der Waals surface area contributed by atoms with Crippen LogP contribution < -0.4 is 0 Å². The van der Waals surface area contributed by atoms with Crippen molar-refractivity contribution in [3.63, 3.8) is 0 Å². The highest BCUT2D eigenvalue weighted by atomic mass is 16.6. The van der Waals surface area contributed by atoms with E-state index >= 15 is 0 Å². The van der Waals surface area contributed by atoms with Crippen molar-refractivity contribution in [2.24, 2.45) is 35.5 Å². The van der Waals surface area contributed by atoms with E-state index in [0.29, 0.717) is 35.5 Å². The summed E-state index contributed by atoms with van der Waals surface area (Å²) in [6, 6.07) is 0. The standard InChI is InChI=1S/C24H42O5/c1-15(2)19-9-7-17(5)11-21(19)27-13-23(25)29-24(26)14-28-22-12-18(6)8-10-20(22)16(3)4/h15-22H,7-14H2,1-6H3. The molecule has 0 saturated heterocycles. The molecule has 6 unspecified atom stereocenters. The lowest BCUT2D eigenvalue weighted by molar-refractivity contribution is -0.171. The third-order valence-corrected chi connectivity index (χ3v) is 6.98. The Morgan fingerprint density at radius 3 is 1.45 bits per heavy atom. The van der Waals surface area contributed by atoms with Crippen LogP contribution in [0.1, 0.15) is 80.1 Å². The van der Waals surface area contributed by atoms with E-state index in [1.165, 1.54) is 12.8 Å². The number of hydrogen-bond donors (Lipinski definition) is 0. The Morgan fingerprint density at radius 2 is 1.10 bits per heavy atom. The van der Waals surface area contributed by atoms with Gasteiger partial charge in [0.05, 0.1) is 12.2 Å². The molecule has 0 aromatic rings. The van der Waals surface area contributed by atoms with Crippen LogP contribution in [0.4, 0.5) is 0 Å². The number of rotatable bonds is 8. The summed E-state index contributed by atoms with van der Waals surface area (Å²) in [4.78, 5) is 24.2. The molecule has 0 spiro atoms. The smallest absolute Gasteiger partial charge is 0.339 e. The summed E-state index contributed by atoms with van der Waals surface area (Å²) in [6.07, 6.45) is 6.72. The minimum Gasteiger partial charge on any atom is -0.390 e. The molecule has 2 saturated carbocycles. The van der Waals surface area contributed by atoms with Gasteiger partial charge >= 0.3 is 11.9 Å². The van der Waals surface area contributed by atoms with Gasteiger partial charge in [-0.1, -0.05) is 54.4 Å². The lowest BCUT2D eigenvalue weighted by Gasteiger charge is -2.37. The third kappa shape index (κ3) is 7.67. The van der Waals surface area contributed by atoms with Crippen LogP contribution in [-0.4, -0.2) is 37.4 Å². The van der Waals surface area contributed by atoms with Gasteiger partial charge in [-0.05, 0) is 61.2 Å². The van der Waals surface area contributed by atoms with E-state index in [9.17, 15) is 9.59 Å². The van der Waals surface area contributed by atoms with E-state index in [-0.39, 0.29) is 25.4 Å². The van der Waals surface area contributed by atoms with Crippen molar-refractivity contribution >= 4 is 11.9 Å². The monoisotopic (exact) mass is 410 g/mol. The largest absolute Gasteiger partial charge is 0.390 e. The van der Waals surface area contributed by atoms with Crippen molar-refractivity contribution in [3.05, 3.63) is 0 Å². The zero-order chi connectivity index (χ0) is 21.6. The van der Waals surface area contributed by atoms with Crippen LogP contribution in [0, 0.1) is 35.5 Å². The van der Waals surface area contributed by atoms with Gasteiger partial charge in [0.15, 0.2) is 0 Å². The second-order valence-electron chi connectivity index (χ2n) is 10.2. The fourth-order valence-electron chi connectivity index (χ4n) is 5.15. The van der Waals surface area contributed by atoms with Gasteiger partial charge in [-0.3, -0.25) is 0 Å². The zero-order valence-electron chi connectivity index (χ0n) is 19.3. The van der Waals surface area contributed by atoms with Gasteiger partial charge in [0, 0.05) is 0 Å². The van der Waals surface area contributed by atoms with Gasteiger partial charge < -0.3 is 14.2 Å². The Balaban J connectivity index is 1.74. The highest BCUT2D eigenvalue weighted by Gasteiger charge is 2.33. The summed E-state index contributed by atoms with van der Waals surface area (Å²) in [5, 5.41) is 0. The molecule has 0 radical (unpaired) electrons. The maximum Gasteiger partial charge on any atom is 0.339 e. The van der Waals surface area contributed by atoms with Gasteiger partial charge in [0.1, 0.15) is 13.2 Å². The minimum atomic E-state index is -0.614. The molecule has 5 nitrogen and oxygen atoms in total. The van der Waals surface area contributed by atoms with E-state index in [1.54, 1.807) is 0 Å². The Labute approximate surface area is 177 Å². The van der Waals surface area contributed by atoms with Crippen molar-refractivity contribution in [2.75, 3.05) is 13.2 Å². The Morgan fingerprint density at radius 1 is 0.724 bits per heavy atom. The summed E-state index contributed by atoms with van der Waals surface area (Å²) in [6.45, 7) is 12.9. The molecule has 5 heteroatoms. The summed E-state index contributed by atoms with van der Waals surface area (Å²) in [5.41, 5.74) is 0. The van der Waals surface area contributed by atoms with Gasteiger partial charge in [-0.2, -0.15) is 0 Å². The molecule has 0 aliphatic heterocycles. The molecule has 29 heavy (non-hydrogen) atoms. The van der Waals surface area contributed by atoms with Crippen LogP contribution in [-0.2, 0) is 23.8 Å². The SMILES string of the molecule is CC1CCC(C(C)C)C(OCC(=O)OC(=O)COC2CC(C)CCC2C(C)C)C1. The fraction of sp³-hybridized carbons (Fsp3) is 0.917. The van der Waals surface area contributed by atoms with Crippen molar-refractivity contribution in [1.82, 2.24) is 0 Å². The Bertz CT molecular complexity index is 483. The topological polar surface area (TPSA) is 61.8 Å². The highest BCUT2D eigenvalue weighted by Crippen LogP contribution is 2.36. The summed E-state index contributed by atoms with van der Waals surface area (Å²) >= 11 is 0. The van der Waals surface area contributed by atoms with Crippen LogP contribution in [0.3, 0.4) is 0 Å². The Hall–Kier alpha value is -0.940. The van der Waals surface area contributed by atoms with Gasteiger partial charge in [-0.15, -0.1) is 0 Å². The van der Waals surface area contributed by atoms with Gasteiger partial charge in [0.2, 0.25) is 0 Å². The molecule has 2 fully saturated rings. The van der Waals surface area contributed by atoms with E-state index < -0.39 is 11.9 Å². The second kappa shape index (κ2) is 11.5. The summed E-state index contributed by atoms with van der Waals surface area (Å²) in [5.74, 6) is 1.93. The van der Waals surface area contributed by atoms with Crippen LogP contribution in [0.25, 0.3) is 0 Å². The Kier molecular flexibility index (Phi) is 9.61. The summed E-state index contributed by atoms with van der Waals surface area (Å²) < 4.78 is 16.7. The first kappa shape index (κ1) is 24.3. The quantitative estimate of drug-likeness (QED) is 0.416. The molecule has 6 atom stereocenters. The average molecular weight is 411 g/mol. The van der Waals surface area contributed by atoms with E-state index in [2.05, 4.69) is 41.5 Å². The maximum atomic E-state index is 12.1. The van der Waals surface area contributed by atoms with Crippen LogP contribution in [0.5, 0.6) is 0 Å². The molecule has 0 N–H and O–H groups in total. The first-order chi connectivity index (χ1) is 13.7. The molecule has 2 aliphatic carbocycles. The first-order valence-corrected chi connectivity index (χ1v) is 11.6. The zero-order valence-corrected chi connectivity index (χ0v) is 19.3. The molecule has 2 rings (SSSR count). The number of carbonyl (C=O) groups excluding carboxylic acids is 2. The molecule has 0 aromatic heterocycles. The van der Waals surface area contributed by atoms with E-state index in [0.717, 1.165) is 25.7 Å². The first-order valence-electron chi connectivity index (χ1n) is 11.6. The molecular weight excluding hydrogens is 368 g/mol. The normalized spacial score (nSPS) is 33.1. The van der Waals surface area contributed by atoms with E-state index in [1.807, 2.05) is 0 Å². The van der Waals surface area contributed by atoms with E-state index in [4.69, 9.17) is 14.2 Å². The number of esters is 2. The van der Waals surface area contributed by atoms with Crippen molar-refractivity contribution in [2.45, 2.75) is 92.3 Å². The van der Waals surface area contributed by atoms with Gasteiger partial charge in [0.25, 0.3) is 0 Å². The molecule has 0 amide bonds. The number of ether oxygens (including phenoxy) is 3. The number of hydrogen-bond acceptors (Lipinski definition) is 5. The molecule has 168 valence electrons. The van der Waals surface area contributed by atoms with Crippen LogP contribution in [0.15, 0.2) is 0 Å². The second-order valence-corrected chi connectivity index (χ2v) is 10.2. The van der Waals surface area contributed by atoms with Crippen LogP contribution in [0.2, 0.25) is 0 Å². The summed E-state index contributed by atoms with van der Waals surface area (Å²) in [7, 11) is 0. The predicted octanol–water partition coefficient (Wildman–Crippen LogP) is 5.01. The lowest BCUT2D eigenvalue weighted by atomic mass is 9.75. The third-order valence-electron chi connectivity index (χ3n) is 6.98. The van der Waals surface area contributed by atoms with Gasteiger partial charge in [-0.25, -0.2) is 9.59 Å². The molecule has 0 bridgehead atoms. The van der Waals surface area contributed by atoms with Crippen molar-refractivity contribution in [1.29, 1.82) is 0 Å². The maximum absolute atomic E-state index is 12.1. The lowest BCUT2D eigenvalue weighted by Crippen LogP contribution is -2.37. The molecule has 0 aromatic carbocycles. The highest BCUT2D eigenvalue weighted by molar-refractivity contribution is 5.86. The average Bonchev–Trinajstić information content (AvgIpc) is 2.64. The minimum absolute atomic E-state index is 0.0631.